The lowest BCUT2D eigenvalue weighted by atomic mass is 9.99. The van der Waals surface area contributed by atoms with Crippen LogP contribution in [0.1, 0.15) is 58.8 Å². The highest BCUT2D eigenvalue weighted by Gasteiger charge is 2.28. The Hall–Kier alpha value is -1.95. The van der Waals surface area contributed by atoms with E-state index in [1.807, 2.05) is 13.8 Å². The van der Waals surface area contributed by atoms with E-state index in [0.29, 0.717) is 38.9 Å². The van der Waals surface area contributed by atoms with Gasteiger partial charge in [-0.1, -0.05) is 13.8 Å². The number of guanidine groups is 1. The van der Waals surface area contributed by atoms with E-state index in [1.54, 1.807) is 0 Å². The van der Waals surface area contributed by atoms with Gasteiger partial charge >= 0.3 is 0 Å². The number of hydrogen-bond donors (Lipinski definition) is 9. The van der Waals surface area contributed by atoms with Gasteiger partial charge in [-0.25, -0.2) is 0 Å². The molecule has 0 aromatic carbocycles. The molecule has 0 aliphatic rings. The Morgan fingerprint density at radius 2 is 1.61 bits per heavy atom. The fraction of sp³-hybridized carbons (Fsp3) is 0.850. The van der Waals surface area contributed by atoms with E-state index in [2.05, 4.69) is 16.0 Å². The van der Waals surface area contributed by atoms with Crippen LogP contribution in [0.3, 0.4) is 0 Å². The number of hydrogen-bond acceptors (Lipinski definition) is 7. The Balaban J connectivity index is 4.50. The third kappa shape index (κ3) is 14.6. The van der Waals surface area contributed by atoms with Gasteiger partial charge in [0.2, 0.25) is 11.8 Å². The van der Waals surface area contributed by atoms with Crippen LogP contribution in [-0.4, -0.2) is 66.7 Å². The van der Waals surface area contributed by atoms with Crippen molar-refractivity contribution in [3.05, 3.63) is 0 Å². The van der Waals surface area contributed by atoms with Crippen molar-refractivity contribution < 1.29 is 14.7 Å². The minimum absolute atomic E-state index is 0.0824. The Labute approximate surface area is 185 Å². The molecule has 0 saturated heterocycles. The molecule has 31 heavy (non-hydrogen) atoms. The van der Waals surface area contributed by atoms with Crippen LogP contribution in [0, 0.1) is 11.3 Å². The Bertz CT molecular complexity index is 533. The van der Waals surface area contributed by atoms with Crippen molar-refractivity contribution in [3.63, 3.8) is 0 Å². The first-order valence-electron chi connectivity index (χ1n) is 11.1. The number of carbonyl (C=O) groups excluding carboxylic acids is 2. The number of unbranched alkanes of at least 4 members (excludes halogenated alkanes) is 1. The van der Waals surface area contributed by atoms with Crippen LogP contribution in [-0.2, 0) is 9.59 Å². The molecule has 11 nitrogen and oxygen atoms in total. The smallest absolute Gasteiger partial charge is 0.242 e. The summed E-state index contributed by atoms with van der Waals surface area (Å²) in [7, 11) is 0. The zero-order valence-electron chi connectivity index (χ0n) is 19.0. The predicted molar refractivity (Wildman–Crippen MR) is 123 cm³/mol. The first-order chi connectivity index (χ1) is 14.6. The number of aliphatic hydroxyl groups is 1. The molecule has 0 unspecified atom stereocenters. The summed E-state index contributed by atoms with van der Waals surface area (Å²) < 4.78 is 0. The summed E-state index contributed by atoms with van der Waals surface area (Å²) >= 11 is 0. The van der Waals surface area contributed by atoms with Gasteiger partial charge in [-0.2, -0.15) is 0 Å². The summed E-state index contributed by atoms with van der Waals surface area (Å²) in [5.74, 6) is -0.714. The maximum absolute atomic E-state index is 12.5. The van der Waals surface area contributed by atoms with Crippen molar-refractivity contribution in [2.24, 2.45) is 28.9 Å². The summed E-state index contributed by atoms with van der Waals surface area (Å²) in [6.07, 6.45) is 3.19. The Kier molecular flexibility index (Phi) is 15.7. The second kappa shape index (κ2) is 16.7. The fourth-order valence-electron chi connectivity index (χ4n) is 3.05. The van der Waals surface area contributed by atoms with E-state index in [9.17, 15) is 14.7 Å². The summed E-state index contributed by atoms with van der Waals surface area (Å²) in [5, 5.41) is 25.6. The lowest BCUT2D eigenvalue weighted by Gasteiger charge is -2.24. The molecule has 0 aliphatic carbocycles. The molecule has 0 aromatic heterocycles. The third-order valence-electron chi connectivity index (χ3n) is 4.89. The van der Waals surface area contributed by atoms with Gasteiger partial charge in [0.05, 0.1) is 6.10 Å². The van der Waals surface area contributed by atoms with Crippen LogP contribution in [0.5, 0.6) is 0 Å². The highest BCUT2D eigenvalue weighted by atomic mass is 16.3. The van der Waals surface area contributed by atoms with E-state index in [1.165, 1.54) is 0 Å². The average molecular weight is 445 g/mol. The fourth-order valence-corrected chi connectivity index (χ4v) is 3.05. The molecule has 0 aromatic rings. The SMILES string of the molecule is CC(C)C[C@H](NC(=O)[C@@H](N)[C@@H](O)CC[C@@H](N)CCCNC(=N)N)C(=O)NCCCCN. The summed E-state index contributed by atoms with van der Waals surface area (Å²) in [6, 6.07) is -2.02. The summed E-state index contributed by atoms with van der Waals surface area (Å²) in [4.78, 5) is 25.0. The van der Waals surface area contributed by atoms with E-state index in [-0.39, 0.29) is 30.2 Å². The van der Waals surface area contributed by atoms with Gasteiger partial charge in [0.25, 0.3) is 0 Å². The largest absolute Gasteiger partial charge is 0.391 e. The minimum Gasteiger partial charge on any atom is -0.391 e. The van der Waals surface area contributed by atoms with Crippen LogP contribution in [0.15, 0.2) is 0 Å². The quantitative estimate of drug-likeness (QED) is 0.0723. The van der Waals surface area contributed by atoms with Gasteiger partial charge in [0, 0.05) is 19.1 Å². The zero-order valence-corrected chi connectivity index (χ0v) is 19.0. The lowest BCUT2D eigenvalue weighted by molar-refractivity contribution is -0.131. The number of carbonyl (C=O) groups is 2. The van der Waals surface area contributed by atoms with E-state index >= 15 is 0 Å². The molecule has 0 radical (unpaired) electrons. The number of nitrogens with one attached hydrogen (secondary N) is 4. The van der Waals surface area contributed by atoms with Crippen molar-refractivity contribution in [3.8, 4) is 0 Å². The first kappa shape index (κ1) is 29.1. The second-order valence-electron chi connectivity index (χ2n) is 8.39. The van der Waals surface area contributed by atoms with E-state index < -0.39 is 24.1 Å². The number of aliphatic hydroxyl groups excluding tert-OH is 1. The van der Waals surface area contributed by atoms with Crippen molar-refractivity contribution in [2.75, 3.05) is 19.6 Å². The van der Waals surface area contributed by atoms with Crippen LogP contribution in [0.25, 0.3) is 0 Å². The molecule has 0 saturated carbocycles. The van der Waals surface area contributed by atoms with Gasteiger partial charge in [0.1, 0.15) is 12.1 Å². The zero-order chi connectivity index (χ0) is 23.8. The molecule has 0 rings (SSSR count). The normalized spacial score (nSPS) is 15.1. The van der Waals surface area contributed by atoms with Crippen molar-refractivity contribution in [1.82, 2.24) is 16.0 Å². The number of rotatable bonds is 17. The molecule has 13 N–H and O–H groups in total. The maximum atomic E-state index is 12.5. The molecule has 0 fully saturated rings. The Morgan fingerprint density at radius 1 is 0.968 bits per heavy atom. The Morgan fingerprint density at radius 3 is 2.19 bits per heavy atom. The minimum atomic E-state index is -1.15. The van der Waals surface area contributed by atoms with Crippen molar-refractivity contribution >= 4 is 17.8 Å². The van der Waals surface area contributed by atoms with Crippen molar-refractivity contribution in [1.29, 1.82) is 5.41 Å². The van der Waals surface area contributed by atoms with Crippen LogP contribution in [0.2, 0.25) is 0 Å². The molecular weight excluding hydrogens is 400 g/mol. The highest BCUT2D eigenvalue weighted by molar-refractivity contribution is 5.89. The molecule has 4 atom stereocenters. The van der Waals surface area contributed by atoms with E-state index in [4.69, 9.17) is 28.3 Å². The van der Waals surface area contributed by atoms with Gasteiger partial charge in [-0.05, 0) is 57.4 Å². The second-order valence-corrected chi connectivity index (χ2v) is 8.39. The highest BCUT2D eigenvalue weighted by Crippen LogP contribution is 2.09. The lowest BCUT2D eigenvalue weighted by Crippen LogP contribution is -2.55. The van der Waals surface area contributed by atoms with Crippen LogP contribution >= 0.6 is 0 Å². The molecule has 0 bridgehead atoms. The average Bonchev–Trinajstić information content (AvgIpc) is 2.70. The van der Waals surface area contributed by atoms with Crippen LogP contribution < -0.4 is 38.9 Å². The maximum Gasteiger partial charge on any atom is 0.242 e. The number of nitrogens with two attached hydrogens (primary N) is 4. The van der Waals surface area contributed by atoms with Gasteiger partial charge < -0.3 is 44.0 Å². The predicted octanol–water partition coefficient (Wildman–Crippen LogP) is -1.57. The topological polar surface area (TPSA) is 218 Å². The summed E-state index contributed by atoms with van der Waals surface area (Å²) in [5.41, 5.74) is 22.6. The summed E-state index contributed by atoms with van der Waals surface area (Å²) in [6.45, 7) is 5.54. The molecule has 0 aliphatic heterocycles. The standard InChI is InChI=1S/C20H44N8O3/c1-13(2)12-15(18(30)26-10-4-3-9-21)28-19(31)17(23)16(29)8-7-14(22)6-5-11-27-20(24)25/h13-17,29H,3-12,21-23H2,1-2H3,(H,26,30)(H,28,31)(H4,24,25,27)/t14-,15-,16-,17-/m0/s1. The molecule has 11 heteroatoms. The van der Waals surface area contributed by atoms with Gasteiger partial charge in [-0.15, -0.1) is 0 Å². The molecule has 0 spiro atoms. The molecular formula is C20H44N8O3. The number of amides is 2. The molecule has 0 heterocycles. The monoisotopic (exact) mass is 444 g/mol. The van der Waals surface area contributed by atoms with Crippen molar-refractivity contribution in [2.45, 2.75) is 83.0 Å². The first-order valence-corrected chi connectivity index (χ1v) is 11.1. The van der Waals surface area contributed by atoms with Gasteiger partial charge in [0.15, 0.2) is 5.96 Å². The van der Waals surface area contributed by atoms with Gasteiger partial charge in [-0.3, -0.25) is 15.0 Å². The van der Waals surface area contributed by atoms with E-state index in [0.717, 1.165) is 19.3 Å². The third-order valence-corrected chi connectivity index (χ3v) is 4.89. The molecule has 182 valence electrons. The molecule has 2 amide bonds. The van der Waals surface area contributed by atoms with Crippen LogP contribution in [0.4, 0.5) is 0 Å².